The van der Waals surface area contributed by atoms with Gasteiger partial charge in [-0.1, -0.05) is 0 Å². The van der Waals surface area contributed by atoms with Crippen molar-refractivity contribution >= 4 is 9.84 Å². The number of nitrogens with one attached hydrogen (secondary N) is 1. The number of pyridine rings is 1. The first-order chi connectivity index (χ1) is 9.74. The number of H-pyrrole nitrogens is 1. The van der Waals surface area contributed by atoms with Crippen LogP contribution in [0.4, 0.5) is 0 Å². The van der Waals surface area contributed by atoms with Crippen molar-refractivity contribution in [2.45, 2.75) is 11.8 Å². The van der Waals surface area contributed by atoms with Crippen molar-refractivity contribution in [3.8, 4) is 22.9 Å². The van der Waals surface area contributed by atoms with Gasteiger partial charge < -0.3 is 10.1 Å². The average molecular weight is 304 g/mol. The highest BCUT2D eigenvalue weighted by Crippen LogP contribution is 2.32. The van der Waals surface area contributed by atoms with Gasteiger partial charge in [-0.05, 0) is 31.2 Å². The molecule has 1 heterocycles. The third kappa shape index (κ3) is 2.80. The van der Waals surface area contributed by atoms with Crippen LogP contribution in [-0.4, -0.2) is 24.8 Å². The minimum atomic E-state index is -3.47. The number of aromatic amines is 1. The van der Waals surface area contributed by atoms with Crippen molar-refractivity contribution in [3.05, 3.63) is 45.9 Å². The number of nitrogens with zero attached hydrogens (tertiary/aromatic N) is 1. The van der Waals surface area contributed by atoms with Crippen LogP contribution in [0, 0.1) is 18.3 Å². The third-order valence-electron chi connectivity index (χ3n) is 2.97. The molecular formula is C14H12N2O4S. The van der Waals surface area contributed by atoms with Gasteiger partial charge in [0.25, 0.3) is 5.56 Å². The molecule has 108 valence electrons. The summed E-state index contributed by atoms with van der Waals surface area (Å²) in [4.78, 5) is 14.3. The number of phenols is 1. The summed E-state index contributed by atoms with van der Waals surface area (Å²) >= 11 is 0. The van der Waals surface area contributed by atoms with E-state index in [0.717, 1.165) is 6.26 Å². The number of aromatic nitrogens is 1. The second-order valence-electron chi connectivity index (χ2n) is 4.63. The first kappa shape index (κ1) is 14.8. The third-order valence-corrected chi connectivity index (χ3v) is 4.08. The van der Waals surface area contributed by atoms with Crippen molar-refractivity contribution in [2.24, 2.45) is 0 Å². The highest BCUT2D eigenvalue weighted by Gasteiger charge is 2.16. The molecule has 21 heavy (non-hydrogen) atoms. The van der Waals surface area contributed by atoms with Crippen molar-refractivity contribution in [1.82, 2.24) is 4.98 Å². The lowest BCUT2D eigenvalue weighted by atomic mass is 10.0. The minimum absolute atomic E-state index is 0.00266. The van der Waals surface area contributed by atoms with Crippen molar-refractivity contribution < 1.29 is 13.5 Å². The van der Waals surface area contributed by atoms with Gasteiger partial charge in [0.05, 0.1) is 4.90 Å². The van der Waals surface area contributed by atoms with Crippen LogP contribution in [0.3, 0.4) is 0 Å². The summed E-state index contributed by atoms with van der Waals surface area (Å²) in [5.74, 6) is -0.205. The molecule has 2 aromatic rings. The molecule has 6 nitrogen and oxygen atoms in total. The molecule has 0 saturated heterocycles. The molecule has 0 spiro atoms. The quantitative estimate of drug-likeness (QED) is 0.869. The minimum Gasteiger partial charge on any atom is -0.507 e. The molecule has 0 aliphatic rings. The molecular weight excluding hydrogens is 292 g/mol. The molecule has 2 N–H and O–H groups in total. The summed E-state index contributed by atoms with van der Waals surface area (Å²) in [6.45, 7) is 1.63. The van der Waals surface area contributed by atoms with Gasteiger partial charge >= 0.3 is 0 Å². The molecule has 1 aromatic heterocycles. The first-order valence-electron chi connectivity index (χ1n) is 5.91. The van der Waals surface area contributed by atoms with Crippen LogP contribution in [-0.2, 0) is 9.84 Å². The molecule has 2 rings (SSSR count). The lowest BCUT2D eigenvalue weighted by molar-refractivity contribution is 0.477. The number of nitriles is 1. The number of aryl methyl sites for hydroxylation is 1. The van der Waals surface area contributed by atoms with E-state index < -0.39 is 15.4 Å². The molecule has 7 heteroatoms. The zero-order valence-corrected chi connectivity index (χ0v) is 12.2. The van der Waals surface area contributed by atoms with E-state index in [1.54, 1.807) is 13.0 Å². The van der Waals surface area contributed by atoms with E-state index in [-0.39, 0.29) is 27.3 Å². The average Bonchev–Trinajstić information content (AvgIpc) is 2.37. The fourth-order valence-electron chi connectivity index (χ4n) is 1.97. The number of rotatable bonds is 2. The SMILES string of the molecule is Cc1cc(-c2cc(S(C)(=O)=O)ccc2O)c(C#N)c(=O)[nH]1. The molecule has 0 aliphatic carbocycles. The summed E-state index contributed by atoms with van der Waals surface area (Å²) in [5.41, 5.74) is 0.0572. The summed E-state index contributed by atoms with van der Waals surface area (Å²) < 4.78 is 23.2. The Morgan fingerprint density at radius 1 is 1.24 bits per heavy atom. The Morgan fingerprint density at radius 2 is 1.90 bits per heavy atom. The molecule has 0 unspecified atom stereocenters. The Bertz CT molecular complexity index is 921. The van der Waals surface area contributed by atoms with E-state index in [0.29, 0.717) is 5.69 Å². The molecule has 0 amide bonds. The van der Waals surface area contributed by atoms with Crippen LogP contribution >= 0.6 is 0 Å². The Hall–Kier alpha value is -2.59. The molecule has 0 radical (unpaired) electrons. The molecule has 0 saturated carbocycles. The fraction of sp³-hybridized carbons (Fsp3) is 0.143. The number of hydrogen-bond acceptors (Lipinski definition) is 5. The van der Waals surface area contributed by atoms with Crippen molar-refractivity contribution in [2.75, 3.05) is 6.26 Å². The van der Waals surface area contributed by atoms with Gasteiger partial charge in [-0.25, -0.2) is 8.42 Å². The Labute approximate surface area is 121 Å². The topological polar surface area (TPSA) is 111 Å². The maximum Gasteiger partial charge on any atom is 0.266 e. The second kappa shape index (κ2) is 5.07. The lowest BCUT2D eigenvalue weighted by Gasteiger charge is -2.09. The van der Waals surface area contributed by atoms with Gasteiger partial charge in [-0.3, -0.25) is 4.79 Å². The number of aromatic hydroxyl groups is 1. The summed E-state index contributed by atoms with van der Waals surface area (Å²) in [6, 6.07) is 7.03. The zero-order chi connectivity index (χ0) is 15.8. The van der Waals surface area contributed by atoms with Crippen molar-refractivity contribution in [1.29, 1.82) is 5.26 Å². The van der Waals surface area contributed by atoms with Gasteiger partial charge in [0.2, 0.25) is 0 Å². The largest absolute Gasteiger partial charge is 0.507 e. The Morgan fingerprint density at radius 3 is 2.48 bits per heavy atom. The molecule has 0 atom stereocenters. The normalized spacial score (nSPS) is 11.1. The van der Waals surface area contributed by atoms with Crippen LogP contribution < -0.4 is 5.56 Å². The van der Waals surface area contributed by atoms with E-state index in [2.05, 4.69) is 4.98 Å². The van der Waals surface area contributed by atoms with Crippen molar-refractivity contribution in [3.63, 3.8) is 0 Å². The van der Waals surface area contributed by atoms with Crippen LogP contribution in [0.2, 0.25) is 0 Å². The van der Waals surface area contributed by atoms with Crippen LogP contribution in [0.25, 0.3) is 11.1 Å². The summed E-state index contributed by atoms with van der Waals surface area (Å²) in [6.07, 6.45) is 1.04. The number of benzene rings is 1. The van der Waals surface area contributed by atoms with E-state index in [4.69, 9.17) is 5.26 Å². The zero-order valence-electron chi connectivity index (χ0n) is 11.3. The number of sulfone groups is 1. The van der Waals surface area contributed by atoms with Gasteiger partial charge in [0.1, 0.15) is 17.4 Å². The van der Waals surface area contributed by atoms with Crippen LogP contribution in [0.1, 0.15) is 11.3 Å². The lowest BCUT2D eigenvalue weighted by Crippen LogP contribution is -2.12. The second-order valence-corrected chi connectivity index (χ2v) is 6.65. The van der Waals surface area contributed by atoms with Gasteiger partial charge in [0, 0.05) is 23.1 Å². The molecule has 0 aliphatic heterocycles. The molecule has 1 aromatic carbocycles. The highest BCUT2D eigenvalue weighted by atomic mass is 32.2. The first-order valence-corrected chi connectivity index (χ1v) is 7.80. The smallest absolute Gasteiger partial charge is 0.266 e. The standard InChI is InChI=1S/C14H12N2O4S/c1-8-5-10(12(7-15)14(18)16-8)11-6-9(21(2,19)20)3-4-13(11)17/h3-6,17H,1-2H3,(H,16,18). The monoisotopic (exact) mass is 304 g/mol. The summed E-state index contributed by atoms with van der Waals surface area (Å²) in [7, 11) is -3.47. The molecule has 0 fully saturated rings. The van der Waals surface area contributed by atoms with E-state index in [1.807, 2.05) is 0 Å². The Balaban J connectivity index is 2.86. The number of hydrogen-bond donors (Lipinski definition) is 2. The molecule has 0 bridgehead atoms. The van der Waals surface area contributed by atoms with Gasteiger partial charge in [-0.2, -0.15) is 5.26 Å². The van der Waals surface area contributed by atoms with Gasteiger partial charge in [0.15, 0.2) is 9.84 Å². The van der Waals surface area contributed by atoms with E-state index in [9.17, 15) is 18.3 Å². The highest BCUT2D eigenvalue weighted by molar-refractivity contribution is 7.90. The van der Waals surface area contributed by atoms with Crippen LogP contribution in [0.15, 0.2) is 34.0 Å². The Kier molecular flexibility index (Phi) is 3.58. The fourth-order valence-corrected chi connectivity index (χ4v) is 2.62. The summed E-state index contributed by atoms with van der Waals surface area (Å²) in [5, 5.41) is 19.0. The number of phenolic OH excluding ortho intramolecular Hbond substituents is 1. The predicted molar refractivity (Wildman–Crippen MR) is 76.7 cm³/mol. The van der Waals surface area contributed by atoms with Crippen LogP contribution in [0.5, 0.6) is 5.75 Å². The van der Waals surface area contributed by atoms with Gasteiger partial charge in [-0.15, -0.1) is 0 Å². The van der Waals surface area contributed by atoms with E-state index in [1.165, 1.54) is 24.3 Å². The maximum absolute atomic E-state index is 11.8. The maximum atomic E-state index is 11.8. The van der Waals surface area contributed by atoms with E-state index >= 15 is 0 Å². The predicted octanol–water partition coefficient (Wildman–Crippen LogP) is 1.33.